The Balaban J connectivity index is 1.50. The Morgan fingerprint density at radius 1 is 1.00 bits per heavy atom. The Labute approximate surface area is 156 Å². The molecule has 0 saturated heterocycles. The topological polar surface area (TPSA) is 84.3 Å². The largest absolute Gasteiger partial charge is 0.504 e. The van der Waals surface area contributed by atoms with Crippen molar-refractivity contribution >= 4 is 12.0 Å². The summed E-state index contributed by atoms with van der Waals surface area (Å²) in [5, 5.41) is 12.3. The van der Waals surface area contributed by atoms with E-state index < -0.39 is 6.09 Å². The van der Waals surface area contributed by atoms with E-state index >= 15 is 0 Å². The zero-order valence-corrected chi connectivity index (χ0v) is 15.1. The molecule has 6 nitrogen and oxygen atoms in total. The number of hydrogen-bond acceptors (Lipinski definition) is 5. The molecule has 0 spiro atoms. The minimum absolute atomic E-state index is 0.00708. The summed E-state index contributed by atoms with van der Waals surface area (Å²) in [6, 6.07) is 16.3. The van der Waals surface area contributed by atoms with Gasteiger partial charge in [-0.3, -0.25) is 5.32 Å². The molecule has 0 radical (unpaired) electrons. The van der Waals surface area contributed by atoms with E-state index in [4.69, 9.17) is 4.74 Å². The van der Waals surface area contributed by atoms with Gasteiger partial charge in [0, 0.05) is 5.92 Å². The Bertz CT molecular complexity index is 964. The summed E-state index contributed by atoms with van der Waals surface area (Å²) >= 11 is 0. The van der Waals surface area contributed by atoms with E-state index in [1.54, 1.807) is 13.8 Å². The molecule has 1 amide bonds. The zero-order chi connectivity index (χ0) is 19.0. The van der Waals surface area contributed by atoms with Gasteiger partial charge in [0.1, 0.15) is 6.61 Å². The molecule has 27 heavy (non-hydrogen) atoms. The Kier molecular flexibility index (Phi) is 4.24. The first-order chi connectivity index (χ1) is 13.0. The summed E-state index contributed by atoms with van der Waals surface area (Å²) in [6.45, 7) is 3.51. The van der Waals surface area contributed by atoms with Crippen LogP contribution in [0.15, 0.2) is 48.5 Å². The van der Waals surface area contributed by atoms with Gasteiger partial charge >= 0.3 is 6.09 Å². The number of carbonyl (C=O) groups excluding carboxylic acids is 1. The molecule has 0 aliphatic heterocycles. The maximum absolute atomic E-state index is 12.2. The molecule has 0 unspecified atom stereocenters. The quantitative estimate of drug-likeness (QED) is 0.732. The second-order valence-electron chi connectivity index (χ2n) is 6.52. The second kappa shape index (κ2) is 6.72. The van der Waals surface area contributed by atoms with Gasteiger partial charge in [0.25, 0.3) is 0 Å². The molecule has 6 heteroatoms. The average Bonchev–Trinajstić information content (AvgIpc) is 2.98. The number of nitrogens with zero attached hydrogens (tertiary/aromatic N) is 2. The third-order valence-electron chi connectivity index (χ3n) is 4.79. The van der Waals surface area contributed by atoms with Crippen molar-refractivity contribution in [2.75, 3.05) is 11.9 Å². The summed E-state index contributed by atoms with van der Waals surface area (Å²) in [4.78, 5) is 20.3. The van der Waals surface area contributed by atoms with E-state index in [-0.39, 0.29) is 24.2 Å². The summed E-state index contributed by atoms with van der Waals surface area (Å²) in [5.74, 6) is 0.125. The van der Waals surface area contributed by atoms with Crippen LogP contribution in [0.4, 0.5) is 10.7 Å². The number of fused-ring (bicyclic) bond motifs is 3. The van der Waals surface area contributed by atoms with Crippen molar-refractivity contribution in [1.82, 2.24) is 9.97 Å². The lowest BCUT2D eigenvalue weighted by Gasteiger charge is -2.14. The third kappa shape index (κ3) is 3.10. The van der Waals surface area contributed by atoms with E-state index in [1.807, 2.05) is 24.3 Å². The lowest BCUT2D eigenvalue weighted by atomic mass is 9.98. The van der Waals surface area contributed by atoms with Crippen LogP contribution in [-0.2, 0) is 4.74 Å². The highest BCUT2D eigenvalue weighted by Gasteiger charge is 2.29. The molecule has 2 aromatic carbocycles. The number of carbonyl (C=O) groups is 1. The van der Waals surface area contributed by atoms with Crippen molar-refractivity contribution < 1.29 is 14.6 Å². The Morgan fingerprint density at radius 3 is 2.07 bits per heavy atom. The minimum atomic E-state index is -0.624. The zero-order valence-electron chi connectivity index (χ0n) is 15.1. The predicted molar refractivity (Wildman–Crippen MR) is 102 cm³/mol. The summed E-state index contributed by atoms with van der Waals surface area (Å²) in [7, 11) is 0. The van der Waals surface area contributed by atoms with E-state index in [0.717, 1.165) is 11.1 Å². The molecule has 136 valence electrons. The Hall–Kier alpha value is -3.41. The maximum atomic E-state index is 12.2. The first-order valence-electron chi connectivity index (χ1n) is 8.71. The molecule has 0 saturated carbocycles. The fourth-order valence-corrected chi connectivity index (χ4v) is 3.49. The van der Waals surface area contributed by atoms with Gasteiger partial charge in [-0.05, 0) is 36.1 Å². The number of ether oxygens (including phenoxy) is 1. The molecule has 0 bridgehead atoms. The molecule has 1 heterocycles. The van der Waals surface area contributed by atoms with Crippen molar-refractivity contribution in [2.24, 2.45) is 0 Å². The van der Waals surface area contributed by atoms with Gasteiger partial charge in [-0.1, -0.05) is 48.5 Å². The second-order valence-corrected chi connectivity index (χ2v) is 6.52. The third-order valence-corrected chi connectivity index (χ3v) is 4.79. The molecular formula is C21H19N3O3. The smallest absolute Gasteiger partial charge is 0.414 e. The van der Waals surface area contributed by atoms with E-state index in [2.05, 4.69) is 39.6 Å². The SMILES string of the molecule is Cc1nc(NC(=O)OCC2c3ccccc3-c3ccccc32)nc(C)c1O. The number of hydrogen-bond donors (Lipinski definition) is 2. The predicted octanol–water partition coefficient (Wildman–Crippen LogP) is 4.16. The molecule has 0 fully saturated rings. The number of amides is 1. The molecular weight excluding hydrogens is 342 g/mol. The molecule has 1 aromatic heterocycles. The van der Waals surface area contributed by atoms with Gasteiger partial charge in [0.15, 0.2) is 5.75 Å². The highest BCUT2D eigenvalue weighted by molar-refractivity contribution is 5.83. The highest BCUT2D eigenvalue weighted by Crippen LogP contribution is 2.44. The number of benzene rings is 2. The Morgan fingerprint density at radius 2 is 1.52 bits per heavy atom. The molecule has 3 aromatic rings. The van der Waals surface area contributed by atoms with Gasteiger partial charge in [-0.25, -0.2) is 14.8 Å². The van der Waals surface area contributed by atoms with E-state index in [1.165, 1.54) is 11.1 Å². The summed E-state index contributed by atoms with van der Waals surface area (Å²) in [5.41, 5.74) is 5.46. The number of nitrogens with one attached hydrogen (secondary N) is 1. The van der Waals surface area contributed by atoms with Gasteiger partial charge in [-0.2, -0.15) is 0 Å². The summed E-state index contributed by atoms with van der Waals surface area (Å²) in [6.07, 6.45) is -0.624. The normalized spacial score (nSPS) is 12.4. The van der Waals surface area contributed by atoms with E-state index in [9.17, 15) is 9.90 Å². The van der Waals surface area contributed by atoms with Crippen molar-refractivity contribution in [3.05, 3.63) is 71.0 Å². The van der Waals surface area contributed by atoms with Gasteiger partial charge < -0.3 is 9.84 Å². The lowest BCUT2D eigenvalue weighted by molar-refractivity contribution is 0.158. The van der Waals surface area contributed by atoms with Gasteiger partial charge in [-0.15, -0.1) is 0 Å². The fraction of sp³-hybridized carbons (Fsp3) is 0.190. The molecule has 2 N–H and O–H groups in total. The number of anilines is 1. The van der Waals surface area contributed by atoms with E-state index in [0.29, 0.717) is 11.4 Å². The van der Waals surface area contributed by atoms with Crippen molar-refractivity contribution in [2.45, 2.75) is 19.8 Å². The van der Waals surface area contributed by atoms with Crippen LogP contribution >= 0.6 is 0 Å². The fourth-order valence-electron chi connectivity index (χ4n) is 3.49. The number of aromatic nitrogens is 2. The van der Waals surface area contributed by atoms with Crippen LogP contribution in [0.25, 0.3) is 11.1 Å². The standard InChI is InChI=1S/C21H19N3O3/c1-12-19(25)13(2)23-20(22-12)24-21(26)27-11-18-16-9-5-3-7-14(16)15-8-4-6-10-17(15)18/h3-10,18,25H,11H2,1-2H3,(H,22,23,24,26). The lowest BCUT2D eigenvalue weighted by Crippen LogP contribution is -2.19. The van der Waals surface area contributed by atoms with Crippen molar-refractivity contribution in [1.29, 1.82) is 0 Å². The van der Waals surface area contributed by atoms with Crippen LogP contribution < -0.4 is 5.32 Å². The molecule has 1 aliphatic carbocycles. The minimum Gasteiger partial charge on any atom is -0.504 e. The molecule has 1 aliphatic rings. The van der Waals surface area contributed by atoms with Crippen LogP contribution in [-0.4, -0.2) is 27.8 Å². The van der Waals surface area contributed by atoms with Crippen molar-refractivity contribution in [3.63, 3.8) is 0 Å². The van der Waals surface area contributed by atoms with Gasteiger partial charge in [0.2, 0.25) is 5.95 Å². The average molecular weight is 361 g/mol. The first-order valence-corrected chi connectivity index (χ1v) is 8.71. The van der Waals surface area contributed by atoms with Crippen LogP contribution in [0.1, 0.15) is 28.4 Å². The first kappa shape index (κ1) is 17.0. The van der Waals surface area contributed by atoms with Crippen LogP contribution in [0.5, 0.6) is 5.75 Å². The van der Waals surface area contributed by atoms with Crippen molar-refractivity contribution in [3.8, 4) is 16.9 Å². The van der Waals surface area contributed by atoms with Crippen LogP contribution in [0, 0.1) is 13.8 Å². The van der Waals surface area contributed by atoms with Crippen LogP contribution in [0.2, 0.25) is 0 Å². The molecule has 0 atom stereocenters. The molecule has 4 rings (SSSR count). The maximum Gasteiger partial charge on any atom is 0.414 e. The summed E-state index contributed by atoms with van der Waals surface area (Å²) < 4.78 is 5.46. The monoisotopic (exact) mass is 361 g/mol. The number of aromatic hydroxyl groups is 1. The number of aryl methyl sites for hydroxylation is 2. The van der Waals surface area contributed by atoms with Gasteiger partial charge in [0.05, 0.1) is 11.4 Å². The highest BCUT2D eigenvalue weighted by atomic mass is 16.5. The number of rotatable bonds is 3. The van der Waals surface area contributed by atoms with Crippen LogP contribution in [0.3, 0.4) is 0 Å².